The Hall–Kier alpha value is 0.310. The standard InChI is InChI=1S/C12H23NS/c1-3-10-5-4-6-11(7-10)12-13-9(2)8-14-12/h9-13H,3-8H2,1-2H3. The molecule has 0 amide bonds. The van der Waals surface area contributed by atoms with E-state index in [1.807, 2.05) is 0 Å². The molecule has 1 saturated carbocycles. The second kappa shape index (κ2) is 4.89. The highest BCUT2D eigenvalue weighted by Crippen LogP contribution is 2.38. The summed E-state index contributed by atoms with van der Waals surface area (Å²) in [5.41, 5.74) is 0. The van der Waals surface area contributed by atoms with Crippen molar-refractivity contribution in [3.8, 4) is 0 Å². The van der Waals surface area contributed by atoms with E-state index < -0.39 is 0 Å². The van der Waals surface area contributed by atoms with Crippen LogP contribution in [0.25, 0.3) is 0 Å². The molecule has 4 atom stereocenters. The van der Waals surface area contributed by atoms with Crippen LogP contribution in [0.2, 0.25) is 0 Å². The lowest BCUT2D eigenvalue weighted by Crippen LogP contribution is -2.35. The topological polar surface area (TPSA) is 12.0 Å². The van der Waals surface area contributed by atoms with Crippen LogP contribution in [-0.2, 0) is 0 Å². The van der Waals surface area contributed by atoms with Gasteiger partial charge in [0.25, 0.3) is 0 Å². The summed E-state index contributed by atoms with van der Waals surface area (Å²) in [5.74, 6) is 3.30. The molecule has 0 radical (unpaired) electrons. The van der Waals surface area contributed by atoms with Crippen LogP contribution < -0.4 is 5.32 Å². The maximum absolute atomic E-state index is 3.73. The third-order valence-corrected chi connectivity index (χ3v) is 5.38. The Morgan fingerprint density at radius 3 is 2.86 bits per heavy atom. The van der Waals surface area contributed by atoms with E-state index >= 15 is 0 Å². The molecule has 14 heavy (non-hydrogen) atoms. The zero-order valence-electron chi connectivity index (χ0n) is 9.46. The molecule has 0 aromatic heterocycles. The maximum atomic E-state index is 3.73. The quantitative estimate of drug-likeness (QED) is 0.755. The van der Waals surface area contributed by atoms with Crippen molar-refractivity contribution < 1.29 is 0 Å². The van der Waals surface area contributed by atoms with Crippen LogP contribution in [0.15, 0.2) is 0 Å². The molecule has 2 rings (SSSR count). The van der Waals surface area contributed by atoms with Crippen LogP contribution >= 0.6 is 11.8 Å². The minimum absolute atomic E-state index is 0.743. The fourth-order valence-electron chi connectivity index (χ4n) is 2.88. The first-order valence-corrected chi connectivity index (χ1v) is 7.22. The molecule has 1 aliphatic carbocycles. The molecule has 0 bridgehead atoms. The van der Waals surface area contributed by atoms with Gasteiger partial charge in [-0.05, 0) is 31.6 Å². The normalized spacial score (nSPS) is 44.1. The number of thioether (sulfide) groups is 1. The Kier molecular flexibility index (Phi) is 3.78. The summed E-state index contributed by atoms with van der Waals surface area (Å²) >= 11 is 2.16. The molecule has 0 aromatic rings. The first kappa shape index (κ1) is 10.8. The van der Waals surface area contributed by atoms with Crippen LogP contribution in [-0.4, -0.2) is 17.2 Å². The van der Waals surface area contributed by atoms with Gasteiger partial charge in [0.15, 0.2) is 0 Å². The molecular formula is C12H23NS. The van der Waals surface area contributed by atoms with Gasteiger partial charge in [-0.2, -0.15) is 0 Å². The lowest BCUT2D eigenvalue weighted by molar-refractivity contribution is 0.243. The monoisotopic (exact) mass is 213 g/mol. The van der Waals surface area contributed by atoms with Gasteiger partial charge in [-0.1, -0.05) is 26.2 Å². The third kappa shape index (κ3) is 2.46. The second-order valence-corrected chi connectivity index (χ2v) is 6.20. The van der Waals surface area contributed by atoms with E-state index in [1.54, 1.807) is 0 Å². The average molecular weight is 213 g/mol. The van der Waals surface area contributed by atoms with Crippen LogP contribution in [0.1, 0.15) is 46.0 Å². The van der Waals surface area contributed by atoms with Crippen molar-refractivity contribution in [1.82, 2.24) is 5.32 Å². The van der Waals surface area contributed by atoms with E-state index in [4.69, 9.17) is 0 Å². The van der Waals surface area contributed by atoms with E-state index in [0.717, 1.165) is 23.3 Å². The molecule has 1 N–H and O–H groups in total. The van der Waals surface area contributed by atoms with Crippen LogP contribution in [0.4, 0.5) is 0 Å². The Balaban J connectivity index is 1.84. The Morgan fingerprint density at radius 1 is 1.36 bits per heavy atom. The van der Waals surface area contributed by atoms with E-state index in [-0.39, 0.29) is 0 Å². The molecule has 82 valence electrons. The predicted octanol–water partition coefficient (Wildman–Crippen LogP) is 3.25. The first-order valence-electron chi connectivity index (χ1n) is 6.17. The fourth-order valence-corrected chi connectivity index (χ4v) is 4.32. The summed E-state index contributed by atoms with van der Waals surface area (Å²) in [6.07, 6.45) is 7.29. The molecule has 1 saturated heterocycles. The smallest absolute Gasteiger partial charge is 0.0563 e. The number of nitrogens with one attached hydrogen (secondary N) is 1. The van der Waals surface area contributed by atoms with Crippen molar-refractivity contribution in [3.63, 3.8) is 0 Å². The van der Waals surface area contributed by atoms with Gasteiger partial charge in [0, 0.05) is 11.8 Å². The summed E-state index contributed by atoms with van der Waals surface area (Å²) in [7, 11) is 0. The Bertz CT molecular complexity index is 183. The van der Waals surface area contributed by atoms with Gasteiger partial charge in [0.05, 0.1) is 5.37 Å². The SMILES string of the molecule is CCC1CCCC(C2NC(C)CS2)C1. The molecule has 1 nitrogen and oxygen atoms in total. The van der Waals surface area contributed by atoms with E-state index in [9.17, 15) is 0 Å². The highest BCUT2D eigenvalue weighted by Gasteiger charge is 2.31. The van der Waals surface area contributed by atoms with Crippen molar-refractivity contribution >= 4 is 11.8 Å². The number of hydrogen-bond acceptors (Lipinski definition) is 2. The van der Waals surface area contributed by atoms with Gasteiger partial charge in [-0.15, -0.1) is 11.8 Å². The lowest BCUT2D eigenvalue weighted by atomic mass is 9.80. The molecule has 1 aliphatic heterocycles. The lowest BCUT2D eigenvalue weighted by Gasteiger charge is -2.32. The van der Waals surface area contributed by atoms with Gasteiger partial charge in [-0.3, -0.25) is 0 Å². The Labute approximate surface area is 92.4 Å². The molecule has 2 fully saturated rings. The molecule has 2 aliphatic rings. The summed E-state index contributed by atoms with van der Waals surface area (Å²) in [6, 6.07) is 0.743. The van der Waals surface area contributed by atoms with Crippen molar-refractivity contribution in [2.24, 2.45) is 11.8 Å². The third-order valence-electron chi connectivity index (χ3n) is 3.80. The maximum Gasteiger partial charge on any atom is 0.0563 e. The first-order chi connectivity index (χ1) is 6.79. The molecule has 0 spiro atoms. The number of hydrogen-bond donors (Lipinski definition) is 1. The zero-order valence-corrected chi connectivity index (χ0v) is 10.3. The van der Waals surface area contributed by atoms with Crippen LogP contribution in [0.3, 0.4) is 0 Å². The van der Waals surface area contributed by atoms with Crippen LogP contribution in [0.5, 0.6) is 0 Å². The fraction of sp³-hybridized carbons (Fsp3) is 1.00. The van der Waals surface area contributed by atoms with Crippen molar-refractivity contribution in [1.29, 1.82) is 0 Å². The molecule has 0 aromatic carbocycles. The summed E-state index contributed by atoms with van der Waals surface area (Å²) in [5, 5.41) is 4.51. The summed E-state index contributed by atoms with van der Waals surface area (Å²) in [6.45, 7) is 4.66. The molecule has 1 heterocycles. The Morgan fingerprint density at radius 2 is 2.21 bits per heavy atom. The summed E-state index contributed by atoms with van der Waals surface area (Å²) < 4.78 is 0. The van der Waals surface area contributed by atoms with Gasteiger partial charge in [-0.25, -0.2) is 0 Å². The molecular weight excluding hydrogens is 190 g/mol. The highest BCUT2D eigenvalue weighted by atomic mass is 32.2. The second-order valence-electron chi connectivity index (χ2n) is 5.02. The minimum Gasteiger partial charge on any atom is -0.302 e. The van der Waals surface area contributed by atoms with Crippen molar-refractivity contribution in [2.75, 3.05) is 5.75 Å². The minimum atomic E-state index is 0.743. The largest absolute Gasteiger partial charge is 0.302 e. The van der Waals surface area contributed by atoms with Gasteiger partial charge >= 0.3 is 0 Å². The van der Waals surface area contributed by atoms with Gasteiger partial charge in [0.2, 0.25) is 0 Å². The highest BCUT2D eigenvalue weighted by molar-refractivity contribution is 8.00. The van der Waals surface area contributed by atoms with E-state index in [0.29, 0.717) is 0 Å². The van der Waals surface area contributed by atoms with E-state index in [2.05, 4.69) is 30.9 Å². The average Bonchev–Trinajstić information content (AvgIpc) is 2.65. The van der Waals surface area contributed by atoms with Crippen molar-refractivity contribution in [2.45, 2.75) is 57.4 Å². The number of rotatable bonds is 2. The van der Waals surface area contributed by atoms with Gasteiger partial charge in [0.1, 0.15) is 0 Å². The summed E-state index contributed by atoms with van der Waals surface area (Å²) in [4.78, 5) is 0. The predicted molar refractivity (Wildman–Crippen MR) is 64.6 cm³/mol. The van der Waals surface area contributed by atoms with Crippen LogP contribution in [0, 0.1) is 11.8 Å². The molecule has 2 heteroatoms. The van der Waals surface area contributed by atoms with Gasteiger partial charge < -0.3 is 5.32 Å². The zero-order chi connectivity index (χ0) is 9.97. The van der Waals surface area contributed by atoms with Crippen molar-refractivity contribution in [3.05, 3.63) is 0 Å². The van der Waals surface area contributed by atoms with E-state index in [1.165, 1.54) is 37.9 Å². The molecule has 4 unspecified atom stereocenters.